The average Bonchev–Trinajstić information content (AvgIpc) is 3.00. The minimum atomic E-state index is -0.392. The Kier molecular flexibility index (Phi) is 6.40. The number of hydrogen-bond acceptors (Lipinski definition) is 3. The second-order valence-corrected chi connectivity index (χ2v) is 6.42. The predicted molar refractivity (Wildman–Crippen MR) is 88.5 cm³/mol. The molecular formula is C18H28N2O2. The molecule has 2 rings (SSSR count). The Morgan fingerprint density at radius 3 is 2.77 bits per heavy atom. The predicted octanol–water partition coefficient (Wildman–Crippen LogP) is 2.22. The highest BCUT2D eigenvalue weighted by molar-refractivity contribution is 5.82. The number of carbonyl (C=O) groups is 1. The molecule has 0 radical (unpaired) electrons. The summed E-state index contributed by atoms with van der Waals surface area (Å²) in [6.45, 7) is 6.16. The van der Waals surface area contributed by atoms with Gasteiger partial charge in [-0.1, -0.05) is 44.2 Å². The number of benzene rings is 1. The van der Waals surface area contributed by atoms with Crippen LogP contribution in [-0.4, -0.2) is 42.6 Å². The maximum Gasteiger partial charge on any atom is 0.239 e. The Labute approximate surface area is 133 Å². The number of carbonyl (C=O) groups excluding carboxylic acids is 1. The van der Waals surface area contributed by atoms with Gasteiger partial charge >= 0.3 is 0 Å². The summed E-state index contributed by atoms with van der Waals surface area (Å²) in [5.41, 5.74) is 7.28. The zero-order valence-corrected chi connectivity index (χ0v) is 13.7. The largest absolute Gasteiger partial charge is 0.376 e. The van der Waals surface area contributed by atoms with Gasteiger partial charge in [-0.05, 0) is 30.7 Å². The fourth-order valence-electron chi connectivity index (χ4n) is 2.73. The molecule has 1 aromatic rings. The topological polar surface area (TPSA) is 55.6 Å². The van der Waals surface area contributed by atoms with Crippen molar-refractivity contribution in [3.8, 4) is 0 Å². The van der Waals surface area contributed by atoms with Gasteiger partial charge in [-0.2, -0.15) is 0 Å². The summed E-state index contributed by atoms with van der Waals surface area (Å²) in [6, 6.07) is 10.1. The molecule has 1 aliphatic rings. The molecule has 1 unspecified atom stereocenters. The van der Waals surface area contributed by atoms with Gasteiger partial charge in [-0.15, -0.1) is 0 Å². The van der Waals surface area contributed by atoms with Crippen molar-refractivity contribution in [3.63, 3.8) is 0 Å². The third kappa shape index (κ3) is 4.82. The molecule has 1 amide bonds. The molecule has 0 aromatic heterocycles. The second-order valence-electron chi connectivity index (χ2n) is 6.42. The highest BCUT2D eigenvalue weighted by Gasteiger charge is 2.30. The first-order chi connectivity index (χ1) is 10.6. The Bertz CT molecular complexity index is 461. The maximum atomic E-state index is 12.2. The Morgan fingerprint density at radius 1 is 1.36 bits per heavy atom. The highest BCUT2D eigenvalue weighted by atomic mass is 16.5. The Hall–Kier alpha value is -1.39. The zero-order chi connectivity index (χ0) is 15.9. The van der Waals surface area contributed by atoms with Crippen molar-refractivity contribution in [2.24, 2.45) is 11.7 Å². The molecular weight excluding hydrogens is 276 g/mol. The summed E-state index contributed by atoms with van der Waals surface area (Å²) < 4.78 is 5.91. The van der Waals surface area contributed by atoms with Gasteiger partial charge in [0.2, 0.25) is 5.91 Å². The van der Waals surface area contributed by atoms with Crippen LogP contribution < -0.4 is 5.73 Å². The number of ether oxygens (including phenoxy) is 1. The number of nitrogens with two attached hydrogens (primary N) is 1. The lowest BCUT2D eigenvalue weighted by Crippen LogP contribution is -2.45. The van der Waals surface area contributed by atoms with Crippen LogP contribution in [0.25, 0.3) is 0 Å². The second kappa shape index (κ2) is 8.30. The van der Waals surface area contributed by atoms with Gasteiger partial charge in [0, 0.05) is 19.7 Å². The third-order valence-corrected chi connectivity index (χ3v) is 4.27. The van der Waals surface area contributed by atoms with Crippen molar-refractivity contribution < 1.29 is 9.53 Å². The number of amides is 1. The van der Waals surface area contributed by atoms with E-state index < -0.39 is 6.04 Å². The molecule has 1 heterocycles. The van der Waals surface area contributed by atoms with E-state index >= 15 is 0 Å². The van der Waals surface area contributed by atoms with E-state index in [0.717, 1.165) is 32.4 Å². The van der Waals surface area contributed by atoms with E-state index in [9.17, 15) is 4.79 Å². The molecule has 1 aliphatic heterocycles. The van der Waals surface area contributed by atoms with E-state index in [4.69, 9.17) is 10.5 Å². The molecule has 0 aliphatic carbocycles. The van der Waals surface area contributed by atoms with Crippen LogP contribution in [0.1, 0.15) is 32.3 Å². The fraction of sp³-hybridized carbons (Fsp3) is 0.611. The first-order valence-electron chi connectivity index (χ1n) is 8.28. The summed E-state index contributed by atoms with van der Waals surface area (Å²) in [6.07, 6.45) is 3.13. The first kappa shape index (κ1) is 17.0. The van der Waals surface area contributed by atoms with Gasteiger partial charge in [-0.3, -0.25) is 4.79 Å². The van der Waals surface area contributed by atoms with E-state index in [0.29, 0.717) is 6.54 Å². The van der Waals surface area contributed by atoms with Crippen LogP contribution in [0.3, 0.4) is 0 Å². The van der Waals surface area contributed by atoms with Gasteiger partial charge in [-0.25, -0.2) is 0 Å². The smallest absolute Gasteiger partial charge is 0.239 e. The van der Waals surface area contributed by atoms with Crippen molar-refractivity contribution in [2.45, 2.75) is 45.3 Å². The van der Waals surface area contributed by atoms with Gasteiger partial charge in [0.1, 0.15) is 0 Å². The molecule has 4 nitrogen and oxygen atoms in total. The Morgan fingerprint density at radius 2 is 2.09 bits per heavy atom. The third-order valence-electron chi connectivity index (χ3n) is 4.27. The quantitative estimate of drug-likeness (QED) is 0.786. The van der Waals surface area contributed by atoms with Crippen LogP contribution in [0.15, 0.2) is 30.3 Å². The van der Waals surface area contributed by atoms with E-state index in [1.54, 1.807) is 0 Å². The van der Waals surface area contributed by atoms with Crippen molar-refractivity contribution in [3.05, 3.63) is 35.9 Å². The van der Waals surface area contributed by atoms with Crippen LogP contribution >= 0.6 is 0 Å². The lowest BCUT2D eigenvalue weighted by molar-refractivity contribution is -0.133. The van der Waals surface area contributed by atoms with Crippen LogP contribution in [-0.2, 0) is 16.0 Å². The number of rotatable bonds is 7. The van der Waals surface area contributed by atoms with E-state index in [1.807, 2.05) is 24.8 Å². The minimum absolute atomic E-state index is 0.0605. The van der Waals surface area contributed by atoms with Gasteiger partial charge in [0.15, 0.2) is 0 Å². The van der Waals surface area contributed by atoms with Gasteiger partial charge < -0.3 is 15.4 Å². The summed E-state index contributed by atoms with van der Waals surface area (Å²) >= 11 is 0. The lowest BCUT2D eigenvalue weighted by Gasteiger charge is -2.23. The summed E-state index contributed by atoms with van der Waals surface area (Å²) in [5, 5.41) is 0. The maximum absolute atomic E-state index is 12.2. The van der Waals surface area contributed by atoms with E-state index in [2.05, 4.69) is 24.3 Å². The van der Waals surface area contributed by atoms with Crippen molar-refractivity contribution in [1.29, 1.82) is 0 Å². The molecule has 1 fully saturated rings. The molecule has 0 bridgehead atoms. The van der Waals surface area contributed by atoms with Gasteiger partial charge in [0.05, 0.1) is 12.1 Å². The monoisotopic (exact) mass is 304 g/mol. The normalized spacial score (nSPS) is 19.6. The molecule has 0 spiro atoms. The SMILES string of the molecule is CC(C)[C@H](N)C(=O)N1CCC(OCCCc2ccccc2)C1. The standard InChI is InChI=1S/C18H28N2O2/c1-14(2)17(19)18(21)20-11-10-16(13-20)22-12-6-9-15-7-4-3-5-8-15/h3-5,7-8,14,16-17H,6,9-13,19H2,1-2H3/t16?,17-/m0/s1. The number of nitrogens with zero attached hydrogens (tertiary/aromatic N) is 1. The van der Waals surface area contributed by atoms with Crippen molar-refractivity contribution in [2.75, 3.05) is 19.7 Å². The van der Waals surface area contributed by atoms with Crippen LogP contribution in [0.2, 0.25) is 0 Å². The molecule has 4 heteroatoms. The molecule has 1 aromatic carbocycles. The zero-order valence-electron chi connectivity index (χ0n) is 13.7. The summed E-state index contributed by atoms with van der Waals surface area (Å²) in [7, 11) is 0. The van der Waals surface area contributed by atoms with Crippen LogP contribution in [0, 0.1) is 5.92 Å². The minimum Gasteiger partial charge on any atom is -0.376 e. The molecule has 1 saturated heterocycles. The first-order valence-corrected chi connectivity index (χ1v) is 8.28. The number of likely N-dealkylation sites (tertiary alicyclic amines) is 1. The fourth-order valence-corrected chi connectivity index (χ4v) is 2.73. The summed E-state index contributed by atoms with van der Waals surface area (Å²) in [4.78, 5) is 14.0. The van der Waals surface area contributed by atoms with Crippen LogP contribution in [0.4, 0.5) is 0 Å². The molecule has 2 N–H and O–H groups in total. The Balaban J connectivity index is 1.65. The molecule has 0 saturated carbocycles. The van der Waals surface area contributed by atoms with E-state index in [1.165, 1.54) is 5.56 Å². The summed E-state index contributed by atoms with van der Waals surface area (Å²) in [5.74, 6) is 0.240. The number of hydrogen-bond donors (Lipinski definition) is 1. The van der Waals surface area contributed by atoms with Gasteiger partial charge in [0.25, 0.3) is 0 Å². The highest BCUT2D eigenvalue weighted by Crippen LogP contribution is 2.16. The van der Waals surface area contributed by atoms with E-state index in [-0.39, 0.29) is 17.9 Å². The number of aryl methyl sites for hydroxylation is 1. The lowest BCUT2D eigenvalue weighted by atomic mass is 10.0. The van der Waals surface area contributed by atoms with Crippen molar-refractivity contribution in [1.82, 2.24) is 4.90 Å². The van der Waals surface area contributed by atoms with Crippen LogP contribution in [0.5, 0.6) is 0 Å². The van der Waals surface area contributed by atoms with Crippen molar-refractivity contribution >= 4 is 5.91 Å². The molecule has 122 valence electrons. The molecule has 2 atom stereocenters. The molecule has 22 heavy (non-hydrogen) atoms. The average molecular weight is 304 g/mol.